The van der Waals surface area contributed by atoms with Crippen molar-refractivity contribution in [3.8, 4) is 0 Å². The molecule has 2 aromatic heterocycles. The van der Waals surface area contributed by atoms with Crippen molar-refractivity contribution in [1.29, 1.82) is 0 Å². The van der Waals surface area contributed by atoms with Crippen molar-refractivity contribution in [2.45, 2.75) is 11.4 Å². The van der Waals surface area contributed by atoms with E-state index in [1.165, 1.54) is 12.3 Å². The molecule has 2 N–H and O–H groups in total. The predicted molar refractivity (Wildman–Crippen MR) is 125 cm³/mol. The summed E-state index contributed by atoms with van der Waals surface area (Å²) in [4.78, 5) is 15.6. The SMILES string of the molecule is O=C(Nc1ccn(Cc2ccc(Cl)cc2)n1)c1ccc(S(=O)(=O)Nc2ncc(Cl)s2)c(F)c1. The summed E-state index contributed by atoms with van der Waals surface area (Å²) in [5.41, 5.74) is 0.892. The van der Waals surface area contributed by atoms with Crippen LogP contribution in [0, 0.1) is 5.82 Å². The smallest absolute Gasteiger partial charge is 0.266 e. The Balaban J connectivity index is 1.44. The Kier molecular flexibility index (Phi) is 6.66. The summed E-state index contributed by atoms with van der Waals surface area (Å²) in [6, 6.07) is 11.9. The van der Waals surface area contributed by atoms with Gasteiger partial charge in [-0.3, -0.25) is 14.2 Å². The minimum atomic E-state index is -4.25. The van der Waals surface area contributed by atoms with Crippen molar-refractivity contribution in [3.63, 3.8) is 0 Å². The van der Waals surface area contributed by atoms with Crippen LogP contribution in [0.15, 0.2) is 65.8 Å². The van der Waals surface area contributed by atoms with Crippen LogP contribution in [0.2, 0.25) is 9.36 Å². The van der Waals surface area contributed by atoms with Crippen LogP contribution in [0.5, 0.6) is 0 Å². The van der Waals surface area contributed by atoms with E-state index in [0.717, 1.165) is 29.0 Å². The predicted octanol–water partition coefficient (Wildman–Crippen LogP) is 4.89. The van der Waals surface area contributed by atoms with Gasteiger partial charge in [-0.05, 0) is 35.9 Å². The van der Waals surface area contributed by atoms with Gasteiger partial charge in [-0.1, -0.05) is 46.7 Å². The lowest BCUT2D eigenvalue weighted by atomic mass is 10.2. The van der Waals surface area contributed by atoms with Crippen LogP contribution in [0.25, 0.3) is 0 Å². The third-order valence-electron chi connectivity index (χ3n) is 4.32. The average molecular weight is 526 g/mol. The van der Waals surface area contributed by atoms with E-state index in [2.05, 4.69) is 20.1 Å². The summed E-state index contributed by atoms with van der Waals surface area (Å²) >= 11 is 12.5. The lowest BCUT2D eigenvalue weighted by Crippen LogP contribution is -2.17. The van der Waals surface area contributed by atoms with Crippen molar-refractivity contribution in [2.75, 3.05) is 10.0 Å². The fraction of sp³-hybridized carbons (Fsp3) is 0.0500. The molecule has 0 atom stereocenters. The first kappa shape index (κ1) is 23.2. The van der Waals surface area contributed by atoms with Crippen molar-refractivity contribution in [3.05, 3.63) is 87.2 Å². The molecule has 0 spiro atoms. The van der Waals surface area contributed by atoms with Crippen LogP contribution in [-0.2, 0) is 16.6 Å². The zero-order chi connectivity index (χ0) is 23.6. The van der Waals surface area contributed by atoms with Crippen LogP contribution in [-0.4, -0.2) is 29.1 Å². The molecule has 2 aromatic carbocycles. The standard InChI is InChI=1S/C20H14Cl2FN5O3S2/c21-14-4-1-12(2-5-14)11-28-8-7-18(26-28)25-19(29)13-3-6-16(15(23)9-13)33(30,31)27-20-24-10-17(22)32-20/h1-10H,11H2,(H,24,27)(H,25,26,29). The molecule has 0 saturated heterocycles. The number of sulfonamides is 1. The lowest BCUT2D eigenvalue weighted by molar-refractivity contribution is 0.102. The van der Waals surface area contributed by atoms with Gasteiger partial charge in [-0.25, -0.2) is 17.8 Å². The van der Waals surface area contributed by atoms with Crippen molar-refractivity contribution in [2.24, 2.45) is 0 Å². The molecule has 0 fully saturated rings. The van der Waals surface area contributed by atoms with Crippen molar-refractivity contribution in [1.82, 2.24) is 14.8 Å². The zero-order valence-corrected chi connectivity index (χ0v) is 19.6. The van der Waals surface area contributed by atoms with E-state index in [0.29, 0.717) is 11.6 Å². The molecule has 4 aromatic rings. The Morgan fingerprint density at radius 3 is 2.55 bits per heavy atom. The monoisotopic (exact) mass is 525 g/mol. The average Bonchev–Trinajstić information content (AvgIpc) is 3.37. The fourth-order valence-corrected chi connectivity index (χ4v) is 5.05. The summed E-state index contributed by atoms with van der Waals surface area (Å²) in [5, 5.41) is 7.43. The van der Waals surface area contributed by atoms with Crippen LogP contribution in [0.3, 0.4) is 0 Å². The second kappa shape index (κ2) is 9.48. The summed E-state index contributed by atoms with van der Waals surface area (Å²) in [6.07, 6.45) is 2.95. The molecule has 0 aliphatic rings. The Hall–Kier alpha value is -2.99. The second-order valence-electron chi connectivity index (χ2n) is 6.70. The zero-order valence-electron chi connectivity index (χ0n) is 16.5. The van der Waals surface area contributed by atoms with E-state index < -0.39 is 26.6 Å². The Morgan fingerprint density at radius 2 is 1.88 bits per heavy atom. The van der Waals surface area contributed by atoms with Crippen LogP contribution < -0.4 is 10.0 Å². The van der Waals surface area contributed by atoms with E-state index in [4.69, 9.17) is 23.2 Å². The Morgan fingerprint density at radius 1 is 1.12 bits per heavy atom. The molecular weight excluding hydrogens is 512 g/mol. The summed E-state index contributed by atoms with van der Waals surface area (Å²) in [7, 11) is -4.25. The van der Waals surface area contributed by atoms with Gasteiger partial charge < -0.3 is 5.32 Å². The number of nitrogens with one attached hydrogen (secondary N) is 2. The maximum absolute atomic E-state index is 14.6. The number of rotatable bonds is 7. The molecule has 2 heterocycles. The Labute approximate surface area is 202 Å². The first-order valence-electron chi connectivity index (χ1n) is 9.22. The molecule has 0 unspecified atom stereocenters. The number of amides is 1. The molecule has 170 valence electrons. The molecule has 8 nitrogen and oxygen atoms in total. The van der Waals surface area contributed by atoms with Gasteiger partial charge in [0.05, 0.1) is 12.7 Å². The van der Waals surface area contributed by atoms with E-state index in [1.54, 1.807) is 29.1 Å². The topological polar surface area (TPSA) is 106 Å². The second-order valence-corrected chi connectivity index (χ2v) is 10.4. The van der Waals surface area contributed by atoms with Gasteiger partial charge in [0.15, 0.2) is 10.9 Å². The summed E-state index contributed by atoms with van der Waals surface area (Å²) in [6.45, 7) is 0.464. The van der Waals surface area contributed by atoms with Crippen LogP contribution in [0.1, 0.15) is 15.9 Å². The maximum atomic E-state index is 14.6. The van der Waals surface area contributed by atoms with E-state index in [1.807, 2.05) is 12.1 Å². The third-order valence-corrected chi connectivity index (χ3v) is 7.11. The largest absolute Gasteiger partial charge is 0.305 e. The molecule has 1 amide bonds. The summed E-state index contributed by atoms with van der Waals surface area (Å²) in [5.74, 6) is -1.48. The van der Waals surface area contributed by atoms with Gasteiger partial charge >= 0.3 is 0 Å². The van der Waals surface area contributed by atoms with E-state index in [-0.39, 0.29) is 20.8 Å². The number of hydrogen-bond donors (Lipinski definition) is 2. The number of thiazole rings is 1. The van der Waals surface area contributed by atoms with Crippen LogP contribution in [0.4, 0.5) is 15.3 Å². The minimum Gasteiger partial charge on any atom is -0.305 e. The fourth-order valence-electron chi connectivity index (χ4n) is 2.81. The lowest BCUT2D eigenvalue weighted by Gasteiger charge is -2.08. The normalized spacial score (nSPS) is 11.4. The number of carbonyl (C=O) groups excluding carboxylic acids is 1. The molecule has 33 heavy (non-hydrogen) atoms. The van der Waals surface area contributed by atoms with Crippen molar-refractivity contribution < 1.29 is 17.6 Å². The van der Waals surface area contributed by atoms with E-state index >= 15 is 0 Å². The van der Waals surface area contributed by atoms with E-state index in [9.17, 15) is 17.6 Å². The molecular formula is C20H14Cl2FN5O3S2. The number of anilines is 2. The Bertz CT molecular complexity index is 1420. The minimum absolute atomic E-state index is 0.00425. The maximum Gasteiger partial charge on any atom is 0.266 e. The van der Waals surface area contributed by atoms with Gasteiger partial charge in [0, 0.05) is 22.8 Å². The summed E-state index contributed by atoms with van der Waals surface area (Å²) < 4.78 is 43.4. The number of hydrogen-bond acceptors (Lipinski definition) is 6. The number of aromatic nitrogens is 3. The molecule has 0 saturated carbocycles. The molecule has 0 radical (unpaired) electrons. The number of halogens is 3. The number of benzene rings is 2. The van der Waals surface area contributed by atoms with Gasteiger partial charge in [0.1, 0.15) is 15.0 Å². The molecule has 0 aliphatic heterocycles. The third kappa shape index (κ3) is 5.69. The highest BCUT2D eigenvalue weighted by molar-refractivity contribution is 7.93. The molecule has 13 heteroatoms. The molecule has 0 aliphatic carbocycles. The van der Waals surface area contributed by atoms with Gasteiger partial charge in [0.2, 0.25) is 0 Å². The molecule has 4 rings (SSSR count). The van der Waals surface area contributed by atoms with Gasteiger partial charge in [-0.2, -0.15) is 5.10 Å². The highest BCUT2D eigenvalue weighted by Crippen LogP contribution is 2.26. The number of nitrogens with zero attached hydrogens (tertiary/aromatic N) is 3. The first-order valence-corrected chi connectivity index (χ1v) is 12.3. The highest BCUT2D eigenvalue weighted by Gasteiger charge is 2.22. The molecule has 0 bridgehead atoms. The van der Waals surface area contributed by atoms with Gasteiger partial charge in [0.25, 0.3) is 15.9 Å². The first-order chi connectivity index (χ1) is 15.7. The van der Waals surface area contributed by atoms with Gasteiger partial charge in [-0.15, -0.1) is 0 Å². The number of carbonyl (C=O) groups is 1. The highest BCUT2D eigenvalue weighted by atomic mass is 35.5. The quantitative estimate of drug-likeness (QED) is 0.357. The van der Waals surface area contributed by atoms with Crippen molar-refractivity contribution >= 4 is 61.4 Å². The van der Waals surface area contributed by atoms with Crippen LogP contribution >= 0.6 is 34.5 Å².